The van der Waals surface area contributed by atoms with Crippen LogP contribution in [0.4, 0.5) is 0 Å². The summed E-state index contributed by atoms with van der Waals surface area (Å²) in [6.07, 6.45) is 1.47. The van der Waals surface area contributed by atoms with Crippen LogP contribution < -0.4 is 0 Å². The highest BCUT2D eigenvalue weighted by molar-refractivity contribution is 6.30. The van der Waals surface area contributed by atoms with E-state index in [0.29, 0.717) is 18.1 Å². The molecule has 3 nitrogen and oxygen atoms in total. The van der Waals surface area contributed by atoms with Gasteiger partial charge in [0.15, 0.2) is 6.10 Å². The summed E-state index contributed by atoms with van der Waals surface area (Å²) in [6.45, 7) is 4.45. The minimum atomic E-state index is -0.916. The average Bonchev–Trinajstić information content (AvgIpc) is 2.30. The van der Waals surface area contributed by atoms with Crippen LogP contribution in [0.1, 0.15) is 30.9 Å². The number of carboxylic acid groups (broad SMARTS) is 1. The summed E-state index contributed by atoms with van der Waals surface area (Å²) in [6, 6.07) is 5.47. The van der Waals surface area contributed by atoms with E-state index in [-0.39, 0.29) is 0 Å². The second-order valence-corrected chi connectivity index (χ2v) is 4.76. The van der Waals surface area contributed by atoms with Crippen LogP contribution in [-0.4, -0.2) is 23.8 Å². The number of hydrogen-bond donors (Lipinski definition) is 1. The van der Waals surface area contributed by atoms with Crippen molar-refractivity contribution in [3.8, 4) is 0 Å². The Balaban J connectivity index is 2.67. The van der Waals surface area contributed by atoms with Crippen LogP contribution in [0.25, 0.3) is 0 Å². The Bertz CT molecular complexity index is 404. The molecule has 0 aliphatic heterocycles. The molecule has 0 amide bonds. The van der Waals surface area contributed by atoms with E-state index in [0.717, 1.165) is 24.0 Å². The van der Waals surface area contributed by atoms with Gasteiger partial charge in [-0.05, 0) is 36.6 Å². The highest BCUT2D eigenvalue weighted by atomic mass is 35.5. The smallest absolute Gasteiger partial charge is 0.333 e. The van der Waals surface area contributed by atoms with Crippen molar-refractivity contribution in [3.63, 3.8) is 0 Å². The Morgan fingerprint density at radius 2 is 2.22 bits per heavy atom. The third-order valence-corrected chi connectivity index (χ3v) is 3.04. The Labute approximate surface area is 113 Å². The minimum absolute atomic E-state index is 0.377. The van der Waals surface area contributed by atoms with Crippen molar-refractivity contribution in [2.24, 2.45) is 0 Å². The van der Waals surface area contributed by atoms with Gasteiger partial charge in [-0.25, -0.2) is 4.79 Å². The van der Waals surface area contributed by atoms with Crippen LogP contribution in [0, 0.1) is 6.92 Å². The lowest BCUT2D eigenvalue weighted by Gasteiger charge is -2.15. The normalized spacial score (nSPS) is 12.4. The lowest BCUT2D eigenvalue weighted by Crippen LogP contribution is -2.27. The second kappa shape index (κ2) is 7.39. The molecular formula is C14H19ClO3. The average molecular weight is 271 g/mol. The summed E-state index contributed by atoms with van der Waals surface area (Å²) < 4.78 is 5.40. The van der Waals surface area contributed by atoms with E-state index in [4.69, 9.17) is 21.4 Å². The van der Waals surface area contributed by atoms with E-state index in [9.17, 15) is 4.79 Å². The van der Waals surface area contributed by atoms with Gasteiger partial charge in [0.2, 0.25) is 0 Å². The van der Waals surface area contributed by atoms with Gasteiger partial charge in [0.25, 0.3) is 0 Å². The van der Waals surface area contributed by atoms with Gasteiger partial charge >= 0.3 is 5.97 Å². The number of benzene rings is 1. The largest absolute Gasteiger partial charge is 0.479 e. The van der Waals surface area contributed by atoms with Crippen LogP contribution in [0.2, 0.25) is 5.02 Å². The van der Waals surface area contributed by atoms with Gasteiger partial charge in [-0.1, -0.05) is 31.0 Å². The first kappa shape index (κ1) is 15.0. The molecule has 0 aliphatic rings. The van der Waals surface area contributed by atoms with Crippen molar-refractivity contribution in [1.29, 1.82) is 0 Å². The summed E-state index contributed by atoms with van der Waals surface area (Å²) in [5.74, 6) is -0.916. The molecule has 0 heterocycles. The van der Waals surface area contributed by atoms with E-state index >= 15 is 0 Å². The van der Waals surface area contributed by atoms with Crippen molar-refractivity contribution in [3.05, 3.63) is 34.3 Å². The molecule has 0 bridgehead atoms. The molecule has 1 aromatic carbocycles. The number of aryl methyl sites for hydroxylation is 1. The first-order valence-corrected chi connectivity index (χ1v) is 6.51. The number of halogens is 1. The van der Waals surface area contributed by atoms with Gasteiger partial charge in [0.05, 0.1) is 0 Å². The molecule has 0 unspecified atom stereocenters. The summed E-state index contributed by atoms with van der Waals surface area (Å²) in [7, 11) is 0. The lowest BCUT2D eigenvalue weighted by molar-refractivity contribution is -0.150. The van der Waals surface area contributed by atoms with E-state index in [1.54, 1.807) is 6.07 Å². The molecular weight excluding hydrogens is 252 g/mol. The number of hydrogen-bond acceptors (Lipinski definition) is 2. The zero-order chi connectivity index (χ0) is 13.5. The van der Waals surface area contributed by atoms with Gasteiger partial charge < -0.3 is 9.84 Å². The Morgan fingerprint density at radius 3 is 2.78 bits per heavy atom. The molecule has 0 spiro atoms. The fourth-order valence-corrected chi connectivity index (χ4v) is 1.90. The van der Waals surface area contributed by atoms with E-state index in [1.165, 1.54) is 0 Å². The Hall–Kier alpha value is -1.06. The zero-order valence-corrected chi connectivity index (χ0v) is 11.5. The number of carboxylic acids is 1. The van der Waals surface area contributed by atoms with Gasteiger partial charge in [0.1, 0.15) is 0 Å². The lowest BCUT2D eigenvalue weighted by atomic mass is 10.0. The summed E-state index contributed by atoms with van der Waals surface area (Å²) in [5.41, 5.74) is 1.95. The van der Waals surface area contributed by atoms with E-state index < -0.39 is 12.1 Å². The molecule has 1 rings (SSSR count). The highest BCUT2D eigenvalue weighted by Crippen LogP contribution is 2.17. The van der Waals surface area contributed by atoms with Crippen molar-refractivity contribution in [2.45, 2.75) is 39.2 Å². The molecule has 1 aromatic rings. The van der Waals surface area contributed by atoms with Crippen molar-refractivity contribution >= 4 is 17.6 Å². The molecule has 0 fully saturated rings. The quantitative estimate of drug-likeness (QED) is 0.772. The van der Waals surface area contributed by atoms with Gasteiger partial charge in [-0.15, -0.1) is 0 Å². The molecule has 1 atom stereocenters. The number of rotatable bonds is 7. The van der Waals surface area contributed by atoms with E-state index in [2.05, 4.69) is 0 Å². The van der Waals surface area contributed by atoms with Crippen LogP contribution in [0.5, 0.6) is 0 Å². The maximum Gasteiger partial charge on any atom is 0.333 e. The molecule has 18 heavy (non-hydrogen) atoms. The van der Waals surface area contributed by atoms with Gasteiger partial charge in [0, 0.05) is 18.1 Å². The van der Waals surface area contributed by atoms with Crippen LogP contribution >= 0.6 is 11.6 Å². The first-order valence-electron chi connectivity index (χ1n) is 6.14. The molecule has 4 heteroatoms. The van der Waals surface area contributed by atoms with Crippen molar-refractivity contribution in [1.82, 2.24) is 0 Å². The maximum atomic E-state index is 11.1. The van der Waals surface area contributed by atoms with E-state index in [1.807, 2.05) is 26.0 Å². The molecule has 0 aromatic heterocycles. The van der Waals surface area contributed by atoms with Crippen LogP contribution in [0.15, 0.2) is 18.2 Å². The van der Waals surface area contributed by atoms with Crippen LogP contribution in [0.3, 0.4) is 0 Å². The predicted octanol–water partition coefficient (Wildman–Crippen LogP) is 3.46. The topological polar surface area (TPSA) is 46.5 Å². The van der Waals surface area contributed by atoms with Crippen molar-refractivity contribution in [2.75, 3.05) is 6.61 Å². The molecule has 100 valence electrons. The van der Waals surface area contributed by atoms with Crippen molar-refractivity contribution < 1.29 is 14.6 Å². The number of unbranched alkanes of at least 4 members (excludes halogenated alkanes) is 1. The summed E-state index contributed by atoms with van der Waals surface area (Å²) >= 11 is 5.87. The zero-order valence-electron chi connectivity index (χ0n) is 10.8. The molecule has 0 saturated heterocycles. The van der Waals surface area contributed by atoms with Gasteiger partial charge in [-0.3, -0.25) is 0 Å². The second-order valence-electron chi connectivity index (χ2n) is 4.33. The SMILES string of the molecule is CCCCO[C@H](Cc1ccc(Cl)cc1C)C(=O)O. The summed E-state index contributed by atoms with van der Waals surface area (Å²) in [5, 5.41) is 9.79. The third-order valence-electron chi connectivity index (χ3n) is 2.80. The van der Waals surface area contributed by atoms with Crippen LogP contribution in [-0.2, 0) is 16.0 Å². The fraction of sp³-hybridized carbons (Fsp3) is 0.500. The highest BCUT2D eigenvalue weighted by Gasteiger charge is 2.19. The first-order chi connectivity index (χ1) is 8.54. The third kappa shape index (κ3) is 4.67. The molecule has 0 radical (unpaired) electrons. The molecule has 1 N–H and O–H groups in total. The number of ether oxygens (including phenoxy) is 1. The summed E-state index contributed by atoms with van der Waals surface area (Å²) in [4.78, 5) is 11.1. The maximum absolute atomic E-state index is 11.1. The predicted molar refractivity (Wildman–Crippen MR) is 72.2 cm³/mol. The minimum Gasteiger partial charge on any atom is -0.479 e. The standard InChI is InChI=1S/C14H19ClO3/c1-3-4-7-18-13(14(16)17)9-11-5-6-12(15)8-10(11)2/h5-6,8,13H,3-4,7,9H2,1-2H3,(H,16,17)/t13-/m1/s1. The molecule has 0 aliphatic carbocycles. The van der Waals surface area contributed by atoms with Gasteiger partial charge in [-0.2, -0.15) is 0 Å². The molecule has 0 saturated carbocycles. The number of carbonyl (C=O) groups is 1. The Morgan fingerprint density at radius 1 is 1.50 bits per heavy atom. The monoisotopic (exact) mass is 270 g/mol. The fourth-order valence-electron chi connectivity index (χ4n) is 1.68. The Kier molecular flexibility index (Phi) is 6.16. The number of aliphatic carboxylic acids is 1.